The predicted octanol–water partition coefficient (Wildman–Crippen LogP) is 1.70. The highest BCUT2D eigenvalue weighted by molar-refractivity contribution is 7.99. The Labute approximate surface area is 97.6 Å². The highest BCUT2D eigenvalue weighted by atomic mass is 32.2. The van der Waals surface area contributed by atoms with Gasteiger partial charge in [0.2, 0.25) is 0 Å². The van der Waals surface area contributed by atoms with E-state index in [4.69, 9.17) is 9.84 Å². The van der Waals surface area contributed by atoms with Crippen LogP contribution in [0.3, 0.4) is 0 Å². The Kier molecular flexibility index (Phi) is 5.07. The molecule has 0 amide bonds. The number of benzene rings is 1. The monoisotopic (exact) mass is 243 g/mol. The van der Waals surface area contributed by atoms with Gasteiger partial charge in [-0.3, -0.25) is 10.1 Å². The average molecular weight is 243 g/mol. The van der Waals surface area contributed by atoms with E-state index in [1.807, 2.05) is 6.26 Å². The smallest absolute Gasteiger partial charge is 0.269 e. The Hall–Kier alpha value is -1.27. The van der Waals surface area contributed by atoms with Crippen LogP contribution in [0.5, 0.6) is 5.75 Å². The third kappa shape index (κ3) is 3.71. The van der Waals surface area contributed by atoms with E-state index in [2.05, 4.69) is 0 Å². The lowest BCUT2D eigenvalue weighted by Crippen LogP contribution is -2.18. The van der Waals surface area contributed by atoms with Crippen molar-refractivity contribution in [3.63, 3.8) is 0 Å². The number of aliphatic hydroxyl groups is 1. The molecule has 0 radical (unpaired) electrons. The molecule has 0 fully saturated rings. The van der Waals surface area contributed by atoms with Gasteiger partial charge in [0, 0.05) is 12.1 Å². The van der Waals surface area contributed by atoms with E-state index in [9.17, 15) is 10.1 Å². The van der Waals surface area contributed by atoms with Gasteiger partial charge in [0.15, 0.2) is 0 Å². The second-order valence-corrected chi connectivity index (χ2v) is 4.24. The summed E-state index contributed by atoms with van der Waals surface area (Å²) in [5.74, 6) is 0.568. The van der Waals surface area contributed by atoms with Gasteiger partial charge in [-0.05, 0) is 18.4 Å². The Bertz CT molecular complexity index is 337. The standard InChI is InChI=1S/C10H13NO4S/c1-16-10(6-12)7-15-9-4-2-8(3-5-9)11(13)14/h2-5,10,12H,6-7H2,1H3/t10-/m1/s1. The van der Waals surface area contributed by atoms with E-state index >= 15 is 0 Å². The summed E-state index contributed by atoms with van der Waals surface area (Å²) in [6.45, 7) is 0.434. The summed E-state index contributed by atoms with van der Waals surface area (Å²) in [7, 11) is 0. The molecule has 0 saturated carbocycles. The van der Waals surface area contributed by atoms with Gasteiger partial charge in [0.05, 0.1) is 16.8 Å². The maximum Gasteiger partial charge on any atom is 0.269 e. The number of non-ortho nitro benzene ring substituents is 1. The minimum atomic E-state index is -0.456. The molecule has 0 saturated heterocycles. The highest BCUT2D eigenvalue weighted by Crippen LogP contribution is 2.18. The SMILES string of the molecule is CS[C@H](CO)COc1ccc([N+](=O)[O-])cc1. The highest BCUT2D eigenvalue weighted by Gasteiger charge is 2.08. The first-order chi connectivity index (χ1) is 7.67. The summed E-state index contributed by atoms with van der Waals surface area (Å²) in [5.41, 5.74) is 0.0379. The van der Waals surface area contributed by atoms with Crippen molar-refractivity contribution in [1.82, 2.24) is 0 Å². The van der Waals surface area contributed by atoms with Gasteiger partial charge in [-0.15, -0.1) is 0 Å². The Morgan fingerprint density at radius 1 is 1.50 bits per heavy atom. The molecule has 0 aliphatic heterocycles. The lowest BCUT2D eigenvalue weighted by molar-refractivity contribution is -0.384. The van der Waals surface area contributed by atoms with Gasteiger partial charge < -0.3 is 9.84 Å². The summed E-state index contributed by atoms with van der Waals surface area (Å²) in [6.07, 6.45) is 1.89. The van der Waals surface area contributed by atoms with Crippen molar-refractivity contribution < 1.29 is 14.8 Å². The number of nitro benzene ring substituents is 1. The molecule has 1 aromatic carbocycles. The number of ether oxygens (including phenoxy) is 1. The maximum absolute atomic E-state index is 10.4. The van der Waals surface area contributed by atoms with Gasteiger partial charge in [-0.1, -0.05) is 0 Å². The fraction of sp³-hybridized carbons (Fsp3) is 0.400. The van der Waals surface area contributed by atoms with Crippen LogP contribution in [0, 0.1) is 10.1 Å². The number of thioether (sulfide) groups is 1. The average Bonchev–Trinajstić information content (AvgIpc) is 2.31. The number of hydrogen-bond donors (Lipinski definition) is 1. The Morgan fingerprint density at radius 2 is 2.12 bits per heavy atom. The molecular weight excluding hydrogens is 230 g/mol. The molecule has 1 atom stereocenters. The zero-order chi connectivity index (χ0) is 12.0. The molecule has 0 aromatic heterocycles. The van der Waals surface area contributed by atoms with E-state index in [0.717, 1.165) is 0 Å². The summed E-state index contributed by atoms with van der Waals surface area (Å²) in [4.78, 5) is 9.94. The van der Waals surface area contributed by atoms with Crippen LogP contribution in [0.15, 0.2) is 24.3 Å². The van der Waals surface area contributed by atoms with Crippen LogP contribution < -0.4 is 4.74 Å². The third-order valence-corrected chi connectivity index (χ3v) is 2.97. The minimum absolute atomic E-state index is 0.0233. The van der Waals surface area contributed by atoms with Gasteiger partial charge in [0.25, 0.3) is 5.69 Å². The lowest BCUT2D eigenvalue weighted by atomic mass is 10.3. The number of nitrogens with zero attached hydrogens (tertiary/aromatic N) is 1. The normalized spacial score (nSPS) is 12.1. The van der Waals surface area contributed by atoms with E-state index in [1.54, 1.807) is 12.1 Å². The number of nitro groups is 1. The van der Waals surface area contributed by atoms with E-state index in [1.165, 1.54) is 23.9 Å². The molecule has 0 spiro atoms. The van der Waals surface area contributed by atoms with Gasteiger partial charge in [-0.2, -0.15) is 11.8 Å². The molecule has 6 heteroatoms. The van der Waals surface area contributed by atoms with Crippen LogP contribution in [0.1, 0.15) is 0 Å². The lowest BCUT2D eigenvalue weighted by Gasteiger charge is -2.12. The molecule has 1 aromatic rings. The van der Waals surface area contributed by atoms with Gasteiger partial charge in [0.1, 0.15) is 12.4 Å². The van der Waals surface area contributed by atoms with Crippen LogP contribution in [0.25, 0.3) is 0 Å². The van der Waals surface area contributed by atoms with Gasteiger partial charge in [-0.25, -0.2) is 0 Å². The first kappa shape index (κ1) is 12.8. The first-order valence-corrected chi connectivity index (χ1v) is 5.97. The predicted molar refractivity (Wildman–Crippen MR) is 63.0 cm³/mol. The molecule has 5 nitrogen and oxygen atoms in total. The molecule has 1 rings (SSSR count). The zero-order valence-electron chi connectivity index (χ0n) is 8.83. The fourth-order valence-corrected chi connectivity index (χ4v) is 1.40. The summed E-state index contributed by atoms with van der Waals surface area (Å²) in [5, 5.41) is 19.4. The quantitative estimate of drug-likeness (QED) is 0.608. The Balaban J connectivity index is 2.52. The molecule has 0 heterocycles. The van der Waals surface area contributed by atoms with Crippen LogP contribution in [0.4, 0.5) is 5.69 Å². The van der Waals surface area contributed by atoms with Crippen molar-refractivity contribution in [3.05, 3.63) is 34.4 Å². The largest absolute Gasteiger partial charge is 0.492 e. The van der Waals surface area contributed by atoms with E-state index in [0.29, 0.717) is 12.4 Å². The third-order valence-electron chi connectivity index (χ3n) is 2.02. The summed E-state index contributed by atoms with van der Waals surface area (Å²) >= 11 is 1.51. The summed E-state index contributed by atoms with van der Waals surface area (Å²) in [6, 6.07) is 5.88. The second kappa shape index (κ2) is 6.34. The van der Waals surface area contributed by atoms with Crippen molar-refractivity contribution in [3.8, 4) is 5.75 Å². The molecule has 0 aliphatic carbocycles. The number of aliphatic hydroxyl groups excluding tert-OH is 1. The van der Waals surface area contributed by atoms with Crippen LogP contribution in [-0.2, 0) is 0 Å². The molecule has 0 unspecified atom stereocenters. The van der Waals surface area contributed by atoms with Crippen molar-refractivity contribution in [1.29, 1.82) is 0 Å². The van der Waals surface area contributed by atoms with Gasteiger partial charge >= 0.3 is 0 Å². The number of rotatable bonds is 6. The first-order valence-electron chi connectivity index (χ1n) is 4.68. The van der Waals surface area contributed by atoms with E-state index in [-0.39, 0.29) is 17.5 Å². The van der Waals surface area contributed by atoms with Crippen molar-refractivity contribution in [2.24, 2.45) is 0 Å². The molecule has 0 bridgehead atoms. The van der Waals surface area contributed by atoms with Crippen LogP contribution in [0.2, 0.25) is 0 Å². The molecular formula is C10H13NO4S. The zero-order valence-corrected chi connectivity index (χ0v) is 9.64. The van der Waals surface area contributed by atoms with Crippen LogP contribution in [-0.4, -0.2) is 34.7 Å². The number of hydrogen-bond acceptors (Lipinski definition) is 5. The fourth-order valence-electron chi connectivity index (χ4n) is 1.05. The topological polar surface area (TPSA) is 72.6 Å². The van der Waals surface area contributed by atoms with E-state index < -0.39 is 4.92 Å². The van der Waals surface area contributed by atoms with Crippen molar-refractivity contribution >= 4 is 17.4 Å². The van der Waals surface area contributed by atoms with Crippen LogP contribution >= 0.6 is 11.8 Å². The maximum atomic E-state index is 10.4. The second-order valence-electron chi connectivity index (χ2n) is 3.10. The van der Waals surface area contributed by atoms with Crippen molar-refractivity contribution in [2.45, 2.75) is 5.25 Å². The molecule has 1 N–H and O–H groups in total. The molecule has 0 aliphatic rings. The Morgan fingerprint density at radius 3 is 2.56 bits per heavy atom. The van der Waals surface area contributed by atoms with Crippen molar-refractivity contribution in [2.75, 3.05) is 19.5 Å². The molecule has 88 valence electrons. The summed E-state index contributed by atoms with van der Waals surface area (Å²) < 4.78 is 5.38. The minimum Gasteiger partial charge on any atom is -0.492 e. The molecule has 16 heavy (non-hydrogen) atoms.